The first-order chi connectivity index (χ1) is 24.2. The summed E-state index contributed by atoms with van der Waals surface area (Å²) >= 11 is 7.58. The van der Waals surface area contributed by atoms with Gasteiger partial charge in [0.15, 0.2) is 5.82 Å². The van der Waals surface area contributed by atoms with Gasteiger partial charge >= 0.3 is 18.1 Å². The van der Waals surface area contributed by atoms with Gasteiger partial charge in [0.1, 0.15) is 46.6 Å². The number of alkyl halides is 1. The van der Waals surface area contributed by atoms with Crippen molar-refractivity contribution in [2.24, 2.45) is 0 Å². The number of thiophene rings is 1. The molecule has 2 aromatic heterocycles. The van der Waals surface area contributed by atoms with Gasteiger partial charge in [-0.1, -0.05) is 17.7 Å². The monoisotopic (exact) mass is 744 g/mol. The Morgan fingerprint density at radius 3 is 2.76 bits per heavy atom. The lowest BCUT2D eigenvalue weighted by atomic mass is 9.95. The van der Waals surface area contributed by atoms with E-state index >= 15 is 8.78 Å². The van der Waals surface area contributed by atoms with Crippen LogP contribution in [0.4, 0.5) is 28.8 Å². The second kappa shape index (κ2) is 14.3. The Hall–Kier alpha value is -4.39. The third-order valence-electron chi connectivity index (χ3n) is 8.96. The average Bonchev–Trinajstić information content (AvgIpc) is 3.72. The molecule has 2 aromatic carbocycles. The van der Waals surface area contributed by atoms with Crippen LogP contribution in [0.15, 0.2) is 18.2 Å². The molecular formula is C35H36ClF3N6O5S. The van der Waals surface area contributed by atoms with Crippen molar-refractivity contribution in [3.05, 3.63) is 40.4 Å². The lowest BCUT2D eigenvalue weighted by Crippen LogP contribution is -2.43. The number of halogens is 4. The van der Waals surface area contributed by atoms with Crippen LogP contribution in [0, 0.1) is 23.0 Å². The van der Waals surface area contributed by atoms with Crippen molar-refractivity contribution in [3.8, 4) is 23.2 Å². The molecular weight excluding hydrogens is 709 g/mol. The standard InChI is InChI=1S/C35H36ClF3N6O5S/c1-34(2,3)50-33(47)44-31-21(15-40)25-19(8-9-23(38)29(25)51-31)26-22(36)13-20-28(27(26)39)42-32(43-30(20)41-11-5-7-24(46)48-4)49-17-35-10-6-12-45(35)16-18(37)14-35/h8-9,13,18H,5-7,10-12,14,16-17H2,1-4H3,(H,44,47)(H,41,42,43)/t18-,35+/m1/s1. The van der Waals surface area contributed by atoms with Gasteiger partial charge in [-0.2, -0.15) is 15.2 Å². The third kappa shape index (κ3) is 7.35. The van der Waals surface area contributed by atoms with Crippen LogP contribution in [0.25, 0.3) is 32.1 Å². The molecule has 0 aliphatic carbocycles. The molecule has 2 aliphatic rings. The quantitative estimate of drug-likeness (QED) is 0.121. The molecule has 2 fully saturated rings. The highest BCUT2D eigenvalue weighted by atomic mass is 35.5. The number of esters is 1. The summed E-state index contributed by atoms with van der Waals surface area (Å²) in [6.45, 7) is 6.44. The zero-order chi connectivity index (χ0) is 36.7. The van der Waals surface area contributed by atoms with E-state index in [1.165, 1.54) is 19.2 Å². The summed E-state index contributed by atoms with van der Waals surface area (Å²) in [5.74, 6) is -1.79. The summed E-state index contributed by atoms with van der Waals surface area (Å²) in [5, 5.41) is 16.0. The van der Waals surface area contributed by atoms with Crippen LogP contribution in [-0.2, 0) is 14.3 Å². The van der Waals surface area contributed by atoms with Crippen molar-refractivity contribution in [1.29, 1.82) is 5.26 Å². The van der Waals surface area contributed by atoms with E-state index in [0.29, 0.717) is 19.4 Å². The first kappa shape index (κ1) is 36.4. The topological polar surface area (TPSA) is 139 Å². The van der Waals surface area contributed by atoms with Crippen LogP contribution in [0.3, 0.4) is 0 Å². The molecule has 16 heteroatoms. The summed E-state index contributed by atoms with van der Waals surface area (Å²) in [5.41, 5.74) is -1.71. The van der Waals surface area contributed by atoms with Gasteiger partial charge in [-0.15, -0.1) is 11.3 Å². The van der Waals surface area contributed by atoms with Crippen molar-refractivity contribution in [2.75, 3.05) is 44.0 Å². The highest BCUT2D eigenvalue weighted by molar-refractivity contribution is 7.23. The predicted octanol–water partition coefficient (Wildman–Crippen LogP) is 7.98. The molecule has 0 unspecified atom stereocenters. The lowest BCUT2D eigenvalue weighted by Gasteiger charge is -2.30. The summed E-state index contributed by atoms with van der Waals surface area (Å²) in [6, 6.07) is 5.75. The molecule has 4 heterocycles. The zero-order valence-corrected chi connectivity index (χ0v) is 30.0. The minimum atomic E-state index is -0.983. The minimum absolute atomic E-state index is 0.00607. The van der Waals surface area contributed by atoms with Crippen LogP contribution in [0.2, 0.25) is 5.02 Å². The lowest BCUT2D eigenvalue weighted by molar-refractivity contribution is -0.140. The number of hydrogen-bond donors (Lipinski definition) is 2. The highest BCUT2D eigenvalue weighted by Crippen LogP contribution is 2.46. The van der Waals surface area contributed by atoms with Gasteiger partial charge in [-0.05, 0) is 64.3 Å². The maximum atomic E-state index is 16.9. The molecule has 2 atom stereocenters. The van der Waals surface area contributed by atoms with Crippen LogP contribution in [0.1, 0.15) is 58.4 Å². The summed E-state index contributed by atoms with van der Waals surface area (Å²) < 4.78 is 62.8. The van der Waals surface area contributed by atoms with Crippen molar-refractivity contribution in [3.63, 3.8) is 0 Å². The third-order valence-corrected chi connectivity index (χ3v) is 10.4. The van der Waals surface area contributed by atoms with Gasteiger partial charge in [0.05, 0.1) is 27.9 Å². The summed E-state index contributed by atoms with van der Waals surface area (Å²) in [6.07, 6.45) is 0.613. The van der Waals surface area contributed by atoms with E-state index in [1.807, 2.05) is 6.07 Å². The van der Waals surface area contributed by atoms with E-state index in [4.69, 9.17) is 25.8 Å². The number of anilines is 2. The molecule has 2 saturated heterocycles. The Balaban J connectivity index is 1.44. The van der Waals surface area contributed by atoms with E-state index in [2.05, 4.69) is 25.5 Å². The van der Waals surface area contributed by atoms with Crippen molar-refractivity contribution < 1.29 is 37.0 Å². The SMILES string of the molecule is COC(=O)CCCNc1nc(OC[C@@]23CCCN2C[C@H](F)C3)nc2c(F)c(-c3ccc(F)c4sc(NC(=O)OC(C)(C)C)c(C#N)c34)c(Cl)cc12. The fraction of sp³-hybridized carbons (Fsp3) is 0.457. The van der Waals surface area contributed by atoms with Gasteiger partial charge in [0.2, 0.25) is 0 Å². The average molecular weight is 745 g/mol. The Kier molecular flexibility index (Phi) is 10.2. The normalized spacial score (nSPS) is 18.8. The number of aromatic nitrogens is 2. The first-order valence-corrected chi connectivity index (χ1v) is 17.6. The number of rotatable bonds is 10. The molecule has 4 aromatic rings. The molecule has 2 N–H and O–H groups in total. The molecule has 51 heavy (non-hydrogen) atoms. The maximum Gasteiger partial charge on any atom is 0.412 e. The molecule has 6 rings (SSSR count). The fourth-order valence-corrected chi connectivity index (χ4v) is 8.14. The number of methoxy groups -OCH3 is 1. The second-order valence-corrected chi connectivity index (χ2v) is 15.0. The summed E-state index contributed by atoms with van der Waals surface area (Å²) in [7, 11) is 1.29. The number of fused-ring (bicyclic) bond motifs is 3. The smallest absolute Gasteiger partial charge is 0.412 e. The molecule has 11 nitrogen and oxygen atoms in total. The second-order valence-electron chi connectivity index (χ2n) is 13.6. The molecule has 2 aliphatic heterocycles. The highest BCUT2D eigenvalue weighted by Gasteiger charge is 2.49. The number of nitriles is 1. The van der Waals surface area contributed by atoms with Gasteiger partial charge in [-0.25, -0.2) is 18.0 Å². The van der Waals surface area contributed by atoms with E-state index < -0.39 is 41.0 Å². The first-order valence-electron chi connectivity index (χ1n) is 16.4. The zero-order valence-electron chi connectivity index (χ0n) is 28.4. The number of nitrogens with zero attached hydrogens (tertiary/aromatic N) is 4. The molecule has 0 radical (unpaired) electrons. The van der Waals surface area contributed by atoms with Crippen LogP contribution in [-0.4, -0.2) is 77.6 Å². The Morgan fingerprint density at radius 1 is 1.25 bits per heavy atom. The van der Waals surface area contributed by atoms with Gasteiger partial charge < -0.3 is 19.5 Å². The van der Waals surface area contributed by atoms with Crippen molar-refractivity contribution in [1.82, 2.24) is 14.9 Å². The van der Waals surface area contributed by atoms with Crippen LogP contribution in [0.5, 0.6) is 6.01 Å². The van der Waals surface area contributed by atoms with Crippen LogP contribution >= 0.6 is 22.9 Å². The number of nitrogens with one attached hydrogen (secondary N) is 2. The van der Waals surface area contributed by atoms with E-state index in [-0.39, 0.29) is 79.1 Å². The minimum Gasteiger partial charge on any atom is -0.469 e. The van der Waals surface area contributed by atoms with Crippen molar-refractivity contribution >= 4 is 66.8 Å². The van der Waals surface area contributed by atoms with E-state index in [0.717, 1.165) is 36.8 Å². The Labute approximate surface area is 301 Å². The number of amides is 1. The largest absolute Gasteiger partial charge is 0.469 e. The molecule has 0 spiro atoms. The predicted molar refractivity (Wildman–Crippen MR) is 188 cm³/mol. The van der Waals surface area contributed by atoms with Crippen LogP contribution < -0.4 is 15.4 Å². The van der Waals surface area contributed by atoms with E-state index in [1.54, 1.807) is 20.8 Å². The Morgan fingerprint density at radius 2 is 2.04 bits per heavy atom. The van der Waals surface area contributed by atoms with Gasteiger partial charge in [0.25, 0.3) is 0 Å². The number of benzene rings is 2. The number of hydrogen-bond acceptors (Lipinski definition) is 11. The molecule has 0 bridgehead atoms. The Bertz CT molecular complexity index is 2070. The fourth-order valence-electron chi connectivity index (χ4n) is 6.78. The number of carbonyl (C=O) groups is 2. The van der Waals surface area contributed by atoms with Crippen molar-refractivity contribution in [2.45, 2.75) is 70.2 Å². The van der Waals surface area contributed by atoms with Gasteiger partial charge in [-0.3, -0.25) is 15.0 Å². The van der Waals surface area contributed by atoms with E-state index in [9.17, 15) is 19.2 Å². The molecule has 270 valence electrons. The molecule has 1 amide bonds. The molecule has 0 saturated carbocycles. The number of carbonyl (C=O) groups excluding carboxylic acids is 2. The summed E-state index contributed by atoms with van der Waals surface area (Å²) in [4.78, 5) is 35.3. The number of ether oxygens (including phenoxy) is 3. The van der Waals surface area contributed by atoms with Gasteiger partial charge in [0, 0.05) is 42.3 Å². The maximum absolute atomic E-state index is 16.9.